The van der Waals surface area contributed by atoms with Crippen molar-refractivity contribution < 1.29 is 13.9 Å². The first-order valence-corrected chi connectivity index (χ1v) is 8.63. The fraction of sp³-hybridized carbons (Fsp3) is 0.350. The molecule has 1 aliphatic heterocycles. The average molecular weight is 342 g/mol. The van der Waals surface area contributed by atoms with E-state index in [1.165, 1.54) is 17.8 Å². The van der Waals surface area contributed by atoms with Gasteiger partial charge >= 0.3 is 0 Å². The van der Waals surface area contributed by atoms with Crippen LogP contribution in [0.1, 0.15) is 12.0 Å². The minimum Gasteiger partial charge on any atom is -0.374 e. The highest BCUT2D eigenvalue weighted by Gasteiger charge is 2.20. The van der Waals surface area contributed by atoms with Crippen molar-refractivity contribution in [3.05, 3.63) is 66.0 Å². The number of hydrogen-bond acceptors (Lipinski definition) is 3. The van der Waals surface area contributed by atoms with E-state index in [0.29, 0.717) is 13.2 Å². The molecule has 5 heteroatoms. The molecular weight excluding hydrogens is 319 g/mol. The molecule has 1 fully saturated rings. The summed E-state index contributed by atoms with van der Waals surface area (Å²) in [5.41, 5.74) is 2.01. The molecular formula is C20H23FN2O2. The van der Waals surface area contributed by atoms with Crippen molar-refractivity contribution in [1.29, 1.82) is 0 Å². The lowest BCUT2D eigenvalue weighted by Crippen LogP contribution is -2.44. The largest absolute Gasteiger partial charge is 0.374 e. The molecule has 1 aliphatic rings. The number of benzene rings is 2. The van der Waals surface area contributed by atoms with Crippen LogP contribution in [0.3, 0.4) is 0 Å². The van der Waals surface area contributed by atoms with Crippen molar-refractivity contribution in [2.75, 3.05) is 31.1 Å². The quantitative estimate of drug-likeness (QED) is 0.878. The van der Waals surface area contributed by atoms with Crippen molar-refractivity contribution >= 4 is 11.6 Å². The van der Waals surface area contributed by atoms with Crippen LogP contribution in [-0.2, 0) is 16.0 Å². The second-order valence-electron chi connectivity index (χ2n) is 6.22. The summed E-state index contributed by atoms with van der Waals surface area (Å²) in [6.45, 7) is 2.99. The summed E-state index contributed by atoms with van der Waals surface area (Å²) in [4.78, 5) is 14.3. The van der Waals surface area contributed by atoms with E-state index < -0.39 is 0 Å². The summed E-state index contributed by atoms with van der Waals surface area (Å²) < 4.78 is 18.7. The third kappa shape index (κ3) is 5.29. The Morgan fingerprint density at radius 3 is 2.68 bits per heavy atom. The van der Waals surface area contributed by atoms with Crippen LogP contribution in [-0.4, -0.2) is 38.3 Å². The van der Waals surface area contributed by atoms with Gasteiger partial charge in [0.05, 0.1) is 19.1 Å². The van der Waals surface area contributed by atoms with Gasteiger partial charge in [-0.3, -0.25) is 4.79 Å². The first-order chi connectivity index (χ1) is 12.2. The lowest BCUT2D eigenvalue weighted by molar-refractivity contribution is -0.120. The molecule has 0 aromatic heterocycles. The normalized spacial score (nSPS) is 17.3. The molecule has 1 saturated heterocycles. The number of nitrogens with zero attached hydrogens (tertiary/aromatic N) is 1. The van der Waals surface area contributed by atoms with Crippen LogP contribution in [0.4, 0.5) is 10.1 Å². The molecule has 4 nitrogen and oxygen atoms in total. The van der Waals surface area contributed by atoms with Crippen LogP contribution in [0.2, 0.25) is 0 Å². The van der Waals surface area contributed by atoms with Gasteiger partial charge in [-0.05, 0) is 36.2 Å². The van der Waals surface area contributed by atoms with Gasteiger partial charge in [0.1, 0.15) is 5.82 Å². The molecule has 0 saturated carbocycles. The molecule has 0 aliphatic carbocycles. The van der Waals surface area contributed by atoms with Crippen LogP contribution in [0.15, 0.2) is 54.6 Å². The van der Waals surface area contributed by atoms with E-state index in [9.17, 15) is 9.18 Å². The Kier molecular flexibility index (Phi) is 6.01. The van der Waals surface area contributed by atoms with Crippen LogP contribution < -0.4 is 10.2 Å². The second-order valence-corrected chi connectivity index (χ2v) is 6.22. The SMILES string of the molecule is O=C(Cc1ccc(F)cc1)NCCC1CN(c2ccccc2)CCO1. The summed E-state index contributed by atoms with van der Waals surface area (Å²) in [6.07, 6.45) is 1.15. The smallest absolute Gasteiger partial charge is 0.224 e. The van der Waals surface area contributed by atoms with E-state index >= 15 is 0 Å². The highest BCUT2D eigenvalue weighted by atomic mass is 19.1. The van der Waals surface area contributed by atoms with Crippen LogP contribution >= 0.6 is 0 Å². The van der Waals surface area contributed by atoms with Crippen molar-refractivity contribution in [2.24, 2.45) is 0 Å². The average Bonchev–Trinajstić information content (AvgIpc) is 2.65. The van der Waals surface area contributed by atoms with E-state index in [4.69, 9.17) is 4.74 Å². The fourth-order valence-electron chi connectivity index (χ4n) is 2.99. The highest BCUT2D eigenvalue weighted by molar-refractivity contribution is 5.78. The minimum atomic E-state index is -0.290. The number of anilines is 1. The maximum atomic E-state index is 12.9. The van der Waals surface area contributed by atoms with Crippen molar-refractivity contribution in [1.82, 2.24) is 5.32 Å². The highest BCUT2D eigenvalue weighted by Crippen LogP contribution is 2.18. The number of rotatable bonds is 6. The van der Waals surface area contributed by atoms with Gasteiger partial charge in [-0.2, -0.15) is 0 Å². The molecule has 0 radical (unpaired) electrons. The molecule has 0 spiro atoms. The number of hydrogen-bond donors (Lipinski definition) is 1. The number of halogens is 1. The molecule has 1 N–H and O–H groups in total. The molecule has 1 heterocycles. The summed E-state index contributed by atoms with van der Waals surface area (Å²) in [5, 5.41) is 2.92. The van der Waals surface area contributed by atoms with Gasteiger partial charge in [0.15, 0.2) is 0 Å². The minimum absolute atomic E-state index is 0.0534. The number of para-hydroxylation sites is 1. The van der Waals surface area contributed by atoms with E-state index in [-0.39, 0.29) is 24.2 Å². The van der Waals surface area contributed by atoms with E-state index in [2.05, 4.69) is 22.3 Å². The first-order valence-electron chi connectivity index (χ1n) is 8.63. The Bertz CT molecular complexity index is 676. The van der Waals surface area contributed by atoms with E-state index in [1.54, 1.807) is 12.1 Å². The molecule has 3 rings (SSSR count). The number of amides is 1. The summed E-state index contributed by atoms with van der Waals surface area (Å²) >= 11 is 0. The third-order valence-electron chi connectivity index (χ3n) is 4.33. The zero-order valence-corrected chi connectivity index (χ0v) is 14.2. The summed E-state index contributed by atoms with van der Waals surface area (Å²) in [6, 6.07) is 16.3. The summed E-state index contributed by atoms with van der Waals surface area (Å²) in [5.74, 6) is -0.344. The second kappa shape index (κ2) is 8.62. The third-order valence-corrected chi connectivity index (χ3v) is 4.33. The van der Waals surface area contributed by atoms with Gasteiger partial charge in [0.2, 0.25) is 5.91 Å². The fourth-order valence-corrected chi connectivity index (χ4v) is 2.99. The number of morpholine rings is 1. The monoisotopic (exact) mass is 342 g/mol. The number of nitrogens with one attached hydrogen (secondary N) is 1. The molecule has 25 heavy (non-hydrogen) atoms. The van der Waals surface area contributed by atoms with Crippen molar-refractivity contribution in [2.45, 2.75) is 18.9 Å². The molecule has 1 amide bonds. The van der Waals surface area contributed by atoms with Gasteiger partial charge < -0.3 is 15.0 Å². The Morgan fingerprint density at radius 1 is 1.16 bits per heavy atom. The summed E-state index contributed by atoms with van der Waals surface area (Å²) in [7, 11) is 0. The number of carbonyl (C=O) groups excluding carboxylic acids is 1. The van der Waals surface area contributed by atoms with Crippen LogP contribution in [0, 0.1) is 5.82 Å². The molecule has 2 aromatic carbocycles. The molecule has 1 atom stereocenters. The number of ether oxygens (including phenoxy) is 1. The van der Waals surface area contributed by atoms with Crippen LogP contribution in [0.25, 0.3) is 0 Å². The maximum absolute atomic E-state index is 12.9. The lowest BCUT2D eigenvalue weighted by Gasteiger charge is -2.34. The Balaban J connectivity index is 1.41. The van der Waals surface area contributed by atoms with Crippen LogP contribution in [0.5, 0.6) is 0 Å². The van der Waals surface area contributed by atoms with Crippen molar-refractivity contribution in [3.63, 3.8) is 0 Å². The van der Waals surface area contributed by atoms with Gasteiger partial charge in [-0.15, -0.1) is 0 Å². The van der Waals surface area contributed by atoms with Gasteiger partial charge in [-0.25, -0.2) is 4.39 Å². The topological polar surface area (TPSA) is 41.6 Å². The molecule has 132 valence electrons. The Labute approximate surface area is 147 Å². The van der Waals surface area contributed by atoms with Gasteiger partial charge in [0.25, 0.3) is 0 Å². The molecule has 2 aromatic rings. The molecule has 0 bridgehead atoms. The van der Waals surface area contributed by atoms with E-state index in [1.807, 2.05) is 18.2 Å². The van der Waals surface area contributed by atoms with E-state index in [0.717, 1.165) is 25.1 Å². The van der Waals surface area contributed by atoms with Gasteiger partial charge in [-0.1, -0.05) is 30.3 Å². The zero-order valence-electron chi connectivity index (χ0n) is 14.2. The standard InChI is InChI=1S/C20H23FN2O2/c21-17-8-6-16(7-9-17)14-20(24)22-11-10-19-15-23(12-13-25-19)18-4-2-1-3-5-18/h1-9,19H,10-15H2,(H,22,24). The Hall–Kier alpha value is -2.40. The zero-order chi connectivity index (χ0) is 17.5. The lowest BCUT2D eigenvalue weighted by atomic mass is 10.1. The predicted molar refractivity (Wildman–Crippen MR) is 96.1 cm³/mol. The number of carbonyl (C=O) groups is 1. The van der Waals surface area contributed by atoms with Gasteiger partial charge in [0, 0.05) is 25.3 Å². The predicted octanol–water partition coefficient (Wildman–Crippen LogP) is 2.78. The molecule has 1 unspecified atom stereocenters. The first kappa shape index (κ1) is 17.4. The Morgan fingerprint density at radius 2 is 1.92 bits per heavy atom. The maximum Gasteiger partial charge on any atom is 0.224 e. The van der Waals surface area contributed by atoms with Crippen molar-refractivity contribution in [3.8, 4) is 0 Å².